The topological polar surface area (TPSA) is 84.2 Å². The van der Waals surface area contributed by atoms with Crippen molar-refractivity contribution in [3.8, 4) is 0 Å². The molecule has 0 bridgehead atoms. The van der Waals surface area contributed by atoms with Crippen LogP contribution >= 0.6 is 0 Å². The molecule has 1 saturated carbocycles. The van der Waals surface area contributed by atoms with Gasteiger partial charge in [-0.05, 0) is 49.4 Å². The molecule has 1 aromatic carbocycles. The molecule has 1 amide bonds. The Bertz CT molecular complexity index is 791. The first kappa shape index (κ1) is 17.2. The van der Waals surface area contributed by atoms with Crippen molar-refractivity contribution >= 4 is 11.9 Å². The van der Waals surface area contributed by atoms with Gasteiger partial charge in [-0.15, -0.1) is 0 Å². The van der Waals surface area contributed by atoms with Crippen molar-refractivity contribution in [2.45, 2.75) is 51.6 Å². The fourth-order valence-electron chi connectivity index (χ4n) is 3.50. The summed E-state index contributed by atoms with van der Waals surface area (Å²) in [7, 11) is 0. The van der Waals surface area contributed by atoms with Gasteiger partial charge in [0, 0.05) is 6.20 Å². The lowest BCUT2D eigenvalue weighted by Crippen LogP contribution is -2.35. The second-order valence-electron chi connectivity index (χ2n) is 6.63. The molecule has 1 aromatic heterocycles. The highest BCUT2D eigenvalue weighted by Gasteiger charge is 2.28. The summed E-state index contributed by atoms with van der Waals surface area (Å²) in [4.78, 5) is 24.5. The van der Waals surface area contributed by atoms with Crippen LogP contribution in [0.15, 0.2) is 30.5 Å². The summed E-state index contributed by atoms with van der Waals surface area (Å²) >= 11 is 0. The summed E-state index contributed by atoms with van der Waals surface area (Å²) in [6.45, 7) is 3.80. The second-order valence-corrected chi connectivity index (χ2v) is 6.63. The summed E-state index contributed by atoms with van der Waals surface area (Å²) in [5.74, 6) is -1.48. The van der Waals surface area contributed by atoms with E-state index in [0.717, 1.165) is 36.8 Å². The number of nitrogens with one attached hydrogen (secondary N) is 1. The number of carboxylic acid groups (broad SMARTS) is 1. The molecular weight excluding hydrogens is 318 g/mol. The van der Waals surface area contributed by atoms with E-state index in [1.54, 1.807) is 23.0 Å². The van der Waals surface area contributed by atoms with Gasteiger partial charge < -0.3 is 10.4 Å². The molecule has 1 aliphatic rings. The van der Waals surface area contributed by atoms with Gasteiger partial charge in [-0.1, -0.05) is 31.0 Å². The second kappa shape index (κ2) is 7.09. The number of hydrogen-bond acceptors (Lipinski definition) is 3. The third kappa shape index (κ3) is 3.43. The Balaban J connectivity index is 1.86. The Morgan fingerprint density at radius 2 is 1.96 bits per heavy atom. The molecule has 6 heteroatoms. The minimum absolute atomic E-state index is 0.222. The highest BCUT2D eigenvalue weighted by Crippen LogP contribution is 2.30. The van der Waals surface area contributed by atoms with E-state index in [4.69, 9.17) is 0 Å². The van der Waals surface area contributed by atoms with Crippen LogP contribution in [0.2, 0.25) is 0 Å². The van der Waals surface area contributed by atoms with Crippen molar-refractivity contribution in [2.24, 2.45) is 0 Å². The van der Waals surface area contributed by atoms with Gasteiger partial charge in [-0.2, -0.15) is 5.10 Å². The van der Waals surface area contributed by atoms with Crippen LogP contribution in [0.1, 0.15) is 64.9 Å². The molecular formula is C19H23N3O3. The number of carboxylic acids is 1. The highest BCUT2D eigenvalue weighted by atomic mass is 16.4. The first-order valence-electron chi connectivity index (χ1n) is 8.62. The number of nitrogens with zero attached hydrogens (tertiary/aromatic N) is 2. The Morgan fingerprint density at radius 1 is 1.24 bits per heavy atom. The Morgan fingerprint density at radius 3 is 2.64 bits per heavy atom. The Hall–Kier alpha value is -2.63. The van der Waals surface area contributed by atoms with Gasteiger partial charge in [0.25, 0.3) is 5.91 Å². The lowest BCUT2D eigenvalue weighted by Gasteiger charge is -2.19. The minimum atomic E-state index is -1.08. The van der Waals surface area contributed by atoms with Gasteiger partial charge in [0.1, 0.15) is 5.69 Å². The number of aliphatic carboxylic acids is 1. The van der Waals surface area contributed by atoms with E-state index in [-0.39, 0.29) is 6.04 Å². The number of carbonyl (C=O) groups excluding carboxylic acids is 1. The van der Waals surface area contributed by atoms with E-state index >= 15 is 0 Å². The third-order valence-electron chi connectivity index (χ3n) is 5.05. The zero-order valence-electron chi connectivity index (χ0n) is 14.5. The number of hydrogen-bond donors (Lipinski definition) is 2. The third-order valence-corrected chi connectivity index (χ3v) is 5.05. The molecule has 1 unspecified atom stereocenters. The van der Waals surface area contributed by atoms with E-state index < -0.39 is 17.9 Å². The van der Waals surface area contributed by atoms with Gasteiger partial charge in [0.15, 0.2) is 6.04 Å². The van der Waals surface area contributed by atoms with Crippen molar-refractivity contribution in [3.63, 3.8) is 0 Å². The predicted molar refractivity (Wildman–Crippen MR) is 93.5 cm³/mol. The van der Waals surface area contributed by atoms with Gasteiger partial charge in [-0.3, -0.25) is 9.48 Å². The normalized spacial score (nSPS) is 15.9. The van der Waals surface area contributed by atoms with Crippen molar-refractivity contribution in [3.05, 3.63) is 52.8 Å². The van der Waals surface area contributed by atoms with Crippen LogP contribution in [0.4, 0.5) is 0 Å². The number of amides is 1. The fraction of sp³-hybridized carbons (Fsp3) is 0.421. The molecule has 6 nitrogen and oxygen atoms in total. The van der Waals surface area contributed by atoms with E-state index in [2.05, 4.69) is 10.4 Å². The lowest BCUT2D eigenvalue weighted by molar-refractivity contribution is -0.139. The monoisotopic (exact) mass is 341 g/mol. The van der Waals surface area contributed by atoms with Crippen LogP contribution in [0.5, 0.6) is 0 Å². The molecule has 3 rings (SSSR count). The van der Waals surface area contributed by atoms with Gasteiger partial charge in [0.2, 0.25) is 0 Å². The molecule has 0 saturated heterocycles. The molecule has 0 radical (unpaired) electrons. The Labute approximate surface area is 146 Å². The van der Waals surface area contributed by atoms with Crippen LogP contribution in [0.3, 0.4) is 0 Å². The molecule has 1 fully saturated rings. The number of carbonyl (C=O) groups is 2. The average Bonchev–Trinajstić information content (AvgIpc) is 3.25. The highest BCUT2D eigenvalue weighted by molar-refractivity contribution is 5.95. The summed E-state index contributed by atoms with van der Waals surface area (Å²) in [5.41, 5.74) is 2.89. The average molecular weight is 341 g/mol. The molecule has 0 aliphatic heterocycles. The van der Waals surface area contributed by atoms with Crippen molar-refractivity contribution in [2.75, 3.05) is 0 Å². The van der Waals surface area contributed by atoms with Crippen LogP contribution in [0.25, 0.3) is 0 Å². The molecule has 1 atom stereocenters. The van der Waals surface area contributed by atoms with E-state index in [0.29, 0.717) is 11.3 Å². The maximum Gasteiger partial charge on any atom is 0.330 e. The molecule has 2 N–H and O–H groups in total. The standard InChI is InChI=1S/C19H23N3O3/c1-12-6-5-9-15(13(12)2)17(19(24)25)21-18(23)16-10-11-20-22(16)14-7-3-4-8-14/h5-6,9-11,14,17H,3-4,7-8H2,1-2H3,(H,21,23)(H,24,25). The van der Waals surface area contributed by atoms with Crippen molar-refractivity contribution in [1.82, 2.24) is 15.1 Å². The van der Waals surface area contributed by atoms with Gasteiger partial charge in [-0.25, -0.2) is 4.79 Å². The van der Waals surface area contributed by atoms with Gasteiger partial charge in [0.05, 0.1) is 6.04 Å². The lowest BCUT2D eigenvalue weighted by atomic mass is 9.97. The molecule has 1 aliphatic carbocycles. The molecule has 1 heterocycles. The number of aryl methyl sites for hydroxylation is 1. The molecule has 0 spiro atoms. The predicted octanol–water partition coefficient (Wildman–Crippen LogP) is 3.17. The van der Waals surface area contributed by atoms with Crippen LogP contribution < -0.4 is 5.32 Å². The first-order valence-corrected chi connectivity index (χ1v) is 8.62. The summed E-state index contributed by atoms with van der Waals surface area (Å²) in [6.07, 6.45) is 5.86. The quantitative estimate of drug-likeness (QED) is 0.875. The van der Waals surface area contributed by atoms with Crippen LogP contribution in [0, 0.1) is 13.8 Å². The smallest absolute Gasteiger partial charge is 0.330 e. The van der Waals surface area contributed by atoms with E-state index in [1.165, 1.54) is 0 Å². The van der Waals surface area contributed by atoms with E-state index in [9.17, 15) is 14.7 Å². The molecule has 2 aromatic rings. The molecule has 132 valence electrons. The van der Waals surface area contributed by atoms with Crippen LogP contribution in [-0.2, 0) is 4.79 Å². The van der Waals surface area contributed by atoms with Crippen molar-refractivity contribution < 1.29 is 14.7 Å². The maximum absolute atomic E-state index is 12.7. The SMILES string of the molecule is Cc1cccc(C(NC(=O)c2ccnn2C2CCCC2)C(=O)O)c1C. The maximum atomic E-state index is 12.7. The Kier molecular flexibility index (Phi) is 4.88. The fourth-order valence-corrected chi connectivity index (χ4v) is 3.50. The largest absolute Gasteiger partial charge is 0.479 e. The van der Waals surface area contributed by atoms with Gasteiger partial charge >= 0.3 is 5.97 Å². The molecule has 25 heavy (non-hydrogen) atoms. The zero-order valence-corrected chi connectivity index (χ0v) is 14.5. The number of aromatic nitrogens is 2. The zero-order chi connectivity index (χ0) is 18.0. The summed E-state index contributed by atoms with van der Waals surface area (Å²) in [6, 6.07) is 6.27. The number of rotatable bonds is 5. The first-order chi connectivity index (χ1) is 12.0. The van der Waals surface area contributed by atoms with Crippen molar-refractivity contribution in [1.29, 1.82) is 0 Å². The van der Waals surface area contributed by atoms with Crippen LogP contribution in [-0.4, -0.2) is 26.8 Å². The van der Waals surface area contributed by atoms with E-state index in [1.807, 2.05) is 26.0 Å². The summed E-state index contributed by atoms with van der Waals surface area (Å²) in [5, 5.41) is 16.6. The number of benzene rings is 1. The summed E-state index contributed by atoms with van der Waals surface area (Å²) < 4.78 is 1.74. The minimum Gasteiger partial charge on any atom is -0.479 e.